The fraction of sp³-hybridized carbons (Fsp3) is 0.409. The molecule has 1 N–H and O–H groups in total. The molecule has 0 bridgehead atoms. The molecule has 0 radical (unpaired) electrons. The average molecular weight is 337 g/mol. The first-order valence-electron chi connectivity index (χ1n) is 9.10. The second kappa shape index (κ2) is 7.30. The van der Waals surface area contributed by atoms with Gasteiger partial charge in [-0.3, -0.25) is 4.79 Å². The van der Waals surface area contributed by atoms with E-state index in [1.165, 1.54) is 29.5 Å². The van der Waals surface area contributed by atoms with Gasteiger partial charge in [-0.2, -0.15) is 0 Å². The first-order valence-corrected chi connectivity index (χ1v) is 9.10. The second-order valence-corrected chi connectivity index (χ2v) is 7.14. The van der Waals surface area contributed by atoms with E-state index < -0.39 is 6.10 Å². The van der Waals surface area contributed by atoms with Crippen molar-refractivity contribution in [1.82, 2.24) is 5.32 Å². The molecule has 3 nitrogen and oxygen atoms in total. The Balaban J connectivity index is 1.62. The van der Waals surface area contributed by atoms with Gasteiger partial charge < -0.3 is 10.1 Å². The Morgan fingerprint density at radius 3 is 2.56 bits per heavy atom. The quantitative estimate of drug-likeness (QED) is 0.876. The molecule has 0 aliphatic heterocycles. The highest BCUT2D eigenvalue weighted by molar-refractivity contribution is 5.81. The van der Waals surface area contributed by atoms with E-state index in [2.05, 4.69) is 29.6 Å². The maximum atomic E-state index is 12.5. The van der Waals surface area contributed by atoms with Gasteiger partial charge >= 0.3 is 0 Å². The molecule has 0 heterocycles. The van der Waals surface area contributed by atoms with E-state index >= 15 is 0 Å². The summed E-state index contributed by atoms with van der Waals surface area (Å²) in [6.07, 6.45) is 3.03. The molecule has 0 aromatic heterocycles. The number of hydrogen-bond donors (Lipinski definition) is 1. The number of nitrogens with one attached hydrogen (secondary N) is 1. The van der Waals surface area contributed by atoms with Crippen molar-refractivity contribution in [2.45, 2.75) is 59.1 Å². The summed E-state index contributed by atoms with van der Waals surface area (Å²) in [6.45, 7) is 7.87. The van der Waals surface area contributed by atoms with Crippen molar-refractivity contribution in [3.8, 4) is 5.75 Å². The minimum atomic E-state index is -0.529. The molecule has 0 spiro atoms. The van der Waals surface area contributed by atoms with Gasteiger partial charge in [0.1, 0.15) is 5.75 Å². The van der Waals surface area contributed by atoms with Crippen LogP contribution in [-0.2, 0) is 17.6 Å². The number of hydrogen-bond acceptors (Lipinski definition) is 2. The molecule has 1 aliphatic rings. The maximum absolute atomic E-state index is 12.5. The Kier molecular flexibility index (Phi) is 5.12. The van der Waals surface area contributed by atoms with Crippen molar-refractivity contribution in [3.63, 3.8) is 0 Å². The number of carbonyl (C=O) groups excluding carboxylic acids is 1. The van der Waals surface area contributed by atoms with E-state index in [1.807, 2.05) is 32.9 Å². The lowest BCUT2D eigenvalue weighted by molar-refractivity contribution is -0.127. The van der Waals surface area contributed by atoms with E-state index in [0.29, 0.717) is 0 Å². The van der Waals surface area contributed by atoms with Crippen molar-refractivity contribution < 1.29 is 9.53 Å². The van der Waals surface area contributed by atoms with Gasteiger partial charge in [-0.15, -0.1) is 0 Å². The largest absolute Gasteiger partial charge is 0.481 e. The summed E-state index contributed by atoms with van der Waals surface area (Å²) in [7, 11) is 0. The molecule has 25 heavy (non-hydrogen) atoms. The molecule has 1 aliphatic carbocycles. The molecule has 0 fully saturated rings. The summed E-state index contributed by atoms with van der Waals surface area (Å²) in [5.74, 6) is 0.673. The number of fused-ring (bicyclic) bond motifs is 1. The van der Waals surface area contributed by atoms with Crippen molar-refractivity contribution in [2.75, 3.05) is 0 Å². The van der Waals surface area contributed by atoms with Crippen LogP contribution in [0.2, 0.25) is 0 Å². The number of amides is 1. The lowest BCUT2D eigenvalue weighted by Gasteiger charge is -2.20. The van der Waals surface area contributed by atoms with Gasteiger partial charge in [0.2, 0.25) is 0 Å². The van der Waals surface area contributed by atoms with Gasteiger partial charge in [0.15, 0.2) is 6.10 Å². The molecule has 3 heteroatoms. The van der Waals surface area contributed by atoms with E-state index in [-0.39, 0.29) is 11.9 Å². The molecule has 2 atom stereocenters. The summed E-state index contributed by atoms with van der Waals surface area (Å²) in [5, 5.41) is 3.07. The molecule has 2 aromatic rings. The van der Waals surface area contributed by atoms with E-state index in [4.69, 9.17) is 4.74 Å². The molecule has 1 amide bonds. The van der Waals surface area contributed by atoms with Crippen molar-refractivity contribution >= 4 is 5.91 Å². The Bertz CT molecular complexity index is 782. The predicted molar refractivity (Wildman–Crippen MR) is 101 cm³/mol. The monoisotopic (exact) mass is 337 g/mol. The highest BCUT2D eigenvalue weighted by Gasteiger charge is 2.19. The molecular weight excluding hydrogens is 310 g/mol. The Morgan fingerprint density at radius 1 is 1.04 bits per heavy atom. The summed E-state index contributed by atoms with van der Waals surface area (Å²) < 4.78 is 5.86. The first-order chi connectivity index (χ1) is 11.9. The Morgan fingerprint density at radius 2 is 1.80 bits per heavy atom. The zero-order valence-electron chi connectivity index (χ0n) is 15.6. The average Bonchev–Trinajstić information content (AvgIpc) is 3.04. The van der Waals surface area contributed by atoms with Crippen molar-refractivity contribution in [2.24, 2.45) is 0 Å². The van der Waals surface area contributed by atoms with E-state index in [0.717, 1.165) is 23.3 Å². The molecular formula is C22H27NO2. The van der Waals surface area contributed by atoms with Crippen LogP contribution in [0.4, 0.5) is 0 Å². The number of aryl methyl sites for hydroxylation is 4. The Labute approximate surface area is 150 Å². The summed E-state index contributed by atoms with van der Waals surface area (Å²) in [6, 6.07) is 12.5. The van der Waals surface area contributed by atoms with E-state index in [9.17, 15) is 4.79 Å². The van der Waals surface area contributed by atoms with Crippen LogP contribution in [0.15, 0.2) is 36.4 Å². The molecule has 3 rings (SSSR count). The zero-order valence-corrected chi connectivity index (χ0v) is 15.6. The third-order valence-electron chi connectivity index (χ3n) is 4.98. The SMILES string of the molecule is Cc1ccc(O[C@H](C)C(=O)N[C@H](C)c2ccc3c(c2)CCC3)c(C)c1. The second-order valence-electron chi connectivity index (χ2n) is 7.14. The molecule has 0 saturated heterocycles. The van der Waals surface area contributed by atoms with Crippen LogP contribution in [0.3, 0.4) is 0 Å². The number of rotatable bonds is 5. The normalized spacial score (nSPS) is 15.4. The minimum Gasteiger partial charge on any atom is -0.481 e. The smallest absolute Gasteiger partial charge is 0.261 e. The lowest BCUT2D eigenvalue weighted by Crippen LogP contribution is -2.37. The van der Waals surface area contributed by atoms with Gasteiger partial charge in [-0.1, -0.05) is 35.9 Å². The van der Waals surface area contributed by atoms with Gasteiger partial charge in [0, 0.05) is 0 Å². The first kappa shape index (κ1) is 17.5. The molecule has 2 aromatic carbocycles. The highest BCUT2D eigenvalue weighted by Crippen LogP contribution is 2.25. The zero-order chi connectivity index (χ0) is 18.0. The number of carbonyl (C=O) groups is 1. The van der Waals surface area contributed by atoms with Crippen LogP contribution in [0.1, 0.15) is 54.1 Å². The predicted octanol–water partition coefficient (Wildman–Crippen LogP) is 4.44. The van der Waals surface area contributed by atoms with Crippen LogP contribution in [0.25, 0.3) is 0 Å². The fourth-order valence-electron chi connectivity index (χ4n) is 3.45. The maximum Gasteiger partial charge on any atom is 0.261 e. The summed E-state index contributed by atoms with van der Waals surface area (Å²) in [5.41, 5.74) is 6.28. The van der Waals surface area contributed by atoms with Crippen LogP contribution in [0, 0.1) is 13.8 Å². The third kappa shape index (κ3) is 4.04. The number of benzene rings is 2. The van der Waals surface area contributed by atoms with E-state index in [1.54, 1.807) is 6.92 Å². The van der Waals surface area contributed by atoms with Crippen LogP contribution in [0.5, 0.6) is 5.75 Å². The van der Waals surface area contributed by atoms with Gasteiger partial charge in [-0.05, 0) is 75.3 Å². The molecule has 132 valence electrons. The van der Waals surface area contributed by atoms with Crippen LogP contribution in [-0.4, -0.2) is 12.0 Å². The van der Waals surface area contributed by atoms with Crippen LogP contribution >= 0.6 is 0 Å². The molecule has 0 saturated carbocycles. The summed E-state index contributed by atoms with van der Waals surface area (Å²) in [4.78, 5) is 12.5. The Hall–Kier alpha value is -2.29. The topological polar surface area (TPSA) is 38.3 Å². The lowest BCUT2D eigenvalue weighted by atomic mass is 10.0. The summed E-state index contributed by atoms with van der Waals surface area (Å²) >= 11 is 0. The molecule has 0 unspecified atom stereocenters. The standard InChI is InChI=1S/C22H27NO2/c1-14-8-11-21(15(2)12-14)25-17(4)22(24)23-16(3)19-10-9-18-6-5-7-20(18)13-19/h8-13,16-17H,5-7H2,1-4H3,(H,23,24)/t16-,17-/m1/s1. The van der Waals surface area contributed by atoms with Gasteiger partial charge in [-0.25, -0.2) is 0 Å². The van der Waals surface area contributed by atoms with Crippen molar-refractivity contribution in [3.05, 3.63) is 64.2 Å². The highest BCUT2D eigenvalue weighted by atomic mass is 16.5. The van der Waals surface area contributed by atoms with Gasteiger partial charge in [0.05, 0.1) is 6.04 Å². The van der Waals surface area contributed by atoms with Gasteiger partial charge in [0.25, 0.3) is 5.91 Å². The third-order valence-corrected chi connectivity index (χ3v) is 4.98. The fourth-order valence-corrected chi connectivity index (χ4v) is 3.45. The number of ether oxygens (including phenoxy) is 1. The van der Waals surface area contributed by atoms with Crippen molar-refractivity contribution in [1.29, 1.82) is 0 Å². The minimum absolute atomic E-state index is 0.0245. The van der Waals surface area contributed by atoms with Crippen LogP contribution < -0.4 is 10.1 Å².